The number of allylic oxidation sites excluding steroid dienone is 2. The molecule has 0 aromatic heterocycles. The average molecular weight is 700 g/mol. The largest absolute Gasteiger partial charge is 0.469 e. The van der Waals surface area contributed by atoms with E-state index in [0.717, 1.165) is 43.9 Å². The Morgan fingerprint density at radius 3 is 2.12 bits per heavy atom. The van der Waals surface area contributed by atoms with Crippen molar-refractivity contribution in [2.45, 2.75) is 194 Å². The minimum atomic E-state index is -1.35. The molecule has 6 heteroatoms. The molecule has 4 rings (SSSR count). The van der Waals surface area contributed by atoms with E-state index in [0.29, 0.717) is 54.9 Å². The summed E-state index contributed by atoms with van der Waals surface area (Å²) in [6.45, 7) is 10.3. The minimum Gasteiger partial charge on any atom is -0.469 e. The van der Waals surface area contributed by atoms with Gasteiger partial charge in [-0.3, -0.25) is 4.79 Å². The van der Waals surface area contributed by atoms with Gasteiger partial charge in [-0.25, -0.2) is 4.79 Å². The number of amides is 1. The fraction of sp³-hybridized carbons (Fsp3) is 0.909. The third-order valence-corrected chi connectivity index (χ3v) is 14.7. The number of fused-ring (bicyclic) bond motifs is 5. The molecule has 4 fully saturated rings. The van der Waals surface area contributed by atoms with E-state index < -0.39 is 11.9 Å². The van der Waals surface area contributed by atoms with Crippen molar-refractivity contribution < 1.29 is 24.2 Å². The van der Waals surface area contributed by atoms with Crippen molar-refractivity contribution in [3.8, 4) is 0 Å². The van der Waals surface area contributed by atoms with Crippen LogP contribution in [0.2, 0.25) is 0 Å². The Labute approximate surface area is 307 Å². The Morgan fingerprint density at radius 1 is 0.800 bits per heavy atom. The molecule has 0 unspecified atom stereocenters. The third-order valence-electron chi connectivity index (χ3n) is 14.7. The first kappa shape index (κ1) is 41.2. The second kappa shape index (κ2) is 20.0. The summed E-state index contributed by atoms with van der Waals surface area (Å²) in [5, 5.41) is 14.4. The van der Waals surface area contributed by atoms with Crippen LogP contribution in [0.4, 0.5) is 4.79 Å². The van der Waals surface area contributed by atoms with Gasteiger partial charge in [-0.05, 0) is 130 Å². The lowest BCUT2D eigenvalue weighted by atomic mass is 9.44. The van der Waals surface area contributed by atoms with Gasteiger partial charge in [-0.1, -0.05) is 97.6 Å². The lowest BCUT2D eigenvalue weighted by Crippen LogP contribution is -2.57. The van der Waals surface area contributed by atoms with E-state index in [4.69, 9.17) is 9.47 Å². The quantitative estimate of drug-likeness (QED) is 0.0539. The van der Waals surface area contributed by atoms with Crippen LogP contribution in [0, 0.1) is 46.3 Å². The van der Waals surface area contributed by atoms with Crippen LogP contribution >= 0.6 is 0 Å². The van der Waals surface area contributed by atoms with Crippen molar-refractivity contribution in [2.75, 3.05) is 13.7 Å². The summed E-state index contributed by atoms with van der Waals surface area (Å²) in [6, 6.07) is 0. The molecular weight excluding hydrogens is 622 g/mol. The monoisotopic (exact) mass is 700 g/mol. The van der Waals surface area contributed by atoms with E-state index in [2.05, 4.69) is 45.2 Å². The highest BCUT2D eigenvalue weighted by Crippen LogP contribution is 2.69. The van der Waals surface area contributed by atoms with Gasteiger partial charge in [-0.2, -0.15) is 0 Å². The zero-order valence-electron chi connectivity index (χ0n) is 33.1. The number of esters is 1. The zero-order chi connectivity index (χ0) is 36.0. The molecule has 6 nitrogen and oxygen atoms in total. The lowest BCUT2D eigenvalue weighted by molar-refractivity contribution is -0.232. The SMILES string of the molecule is CCCCCCCC/C=C/CCCCCCCCNC(=O)O[C@@]1(O)CC[C@@]2(C)[C@H](CC[C@@H]3[C@@H]2CC[C@]2(C)[C@@H]([C@H](C)CCC(=O)OC)CC[C@@H]32)C1. The van der Waals surface area contributed by atoms with Crippen LogP contribution in [0.25, 0.3) is 0 Å². The number of rotatable bonds is 21. The van der Waals surface area contributed by atoms with Gasteiger partial charge in [0, 0.05) is 25.8 Å². The highest BCUT2D eigenvalue weighted by atomic mass is 16.7. The number of aliphatic hydroxyl groups is 1. The van der Waals surface area contributed by atoms with Gasteiger partial charge in [0.25, 0.3) is 0 Å². The summed E-state index contributed by atoms with van der Waals surface area (Å²) in [7, 11) is 1.49. The number of hydrogen-bond acceptors (Lipinski definition) is 5. The minimum absolute atomic E-state index is 0.0843. The molecule has 50 heavy (non-hydrogen) atoms. The van der Waals surface area contributed by atoms with E-state index in [9.17, 15) is 14.7 Å². The first-order chi connectivity index (χ1) is 24.1. The number of ether oxygens (including phenoxy) is 2. The number of unbranched alkanes of at least 4 members (excludes halogenated alkanes) is 12. The Balaban J connectivity index is 1.10. The van der Waals surface area contributed by atoms with Gasteiger partial charge in [0.2, 0.25) is 5.79 Å². The number of nitrogens with one attached hydrogen (secondary N) is 1. The zero-order valence-corrected chi connectivity index (χ0v) is 33.1. The maximum Gasteiger partial charge on any atom is 0.409 e. The maximum absolute atomic E-state index is 12.8. The Bertz CT molecular complexity index is 1060. The summed E-state index contributed by atoms with van der Waals surface area (Å²) in [5.41, 5.74) is 0.565. The van der Waals surface area contributed by atoms with Crippen LogP contribution in [0.15, 0.2) is 12.2 Å². The predicted molar refractivity (Wildman–Crippen MR) is 205 cm³/mol. The fourth-order valence-electron chi connectivity index (χ4n) is 11.7. The van der Waals surface area contributed by atoms with E-state index in [1.807, 2.05) is 0 Å². The highest BCUT2D eigenvalue weighted by Gasteiger charge is 2.62. The molecule has 9 atom stereocenters. The molecule has 0 radical (unpaired) electrons. The highest BCUT2D eigenvalue weighted by molar-refractivity contribution is 5.69. The molecule has 288 valence electrons. The molecule has 0 saturated heterocycles. The van der Waals surface area contributed by atoms with Crippen LogP contribution in [0.5, 0.6) is 0 Å². The third kappa shape index (κ3) is 11.0. The van der Waals surface area contributed by atoms with Crippen LogP contribution in [0.1, 0.15) is 188 Å². The molecule has 1 amide bonds. The summed E-state index contributed by atoms with van der Waals surface area (Å²) in [5.74, 6) is 2.39. The van der Waals surface area contributed by atoms with Crippen LogP contribution in [-0.4, -0.2) is 36.6 Å². The molecule has 4 aliphatic carbocycles. The molecular formula is C44H77NO5. The van der Waals surface area contributed by atoms with Crippen molar-refractivity contribution in [1.82, 2.24) is 5.32 Å². The smallest absolute Gasteiger partial charge is 0.409 e. The molecule has 0 bridgehead atoms. The molecule has 2 N–H and O–H groups in total. The van der Waals surface area contributed by atoms with Crippen LogP contribution in [0.3, 0.4) is 0 Å². The maximum atomic E-state index is 12.8. The Hall–Kier alpha value is -1.56. The number of hydrogen-bond donors (Lipinski definition) is 2. The van der Waals surface area contributed by atoms with Crippen molar-refractivity contribution >= 4 is 12.1 Å². The van der Waals surface area contributed by atoms with Crippen molar-refractivity contribution in [2.24, 2.45) is 46.3 Å². The normalized spacial score (nSPS) is 34.1. The first-order valence-corrected chi connectivity index (χ1v) is 21.5. The molecule has 0 aliphatic heterocycles. The number of alkyl carbamates (subject to hydrolysis) is 1. The molecule has 0 aromatic rings. The van der Waals surface area contributed by atoms with Gasteiger partial charge in [0.15, 0.2) is 0 Å². The van der Waals surface area contributed by atoms with Gasteiger partial charge in [0.05, 0.1) is 7.11 Å². The molecule has 0 spiro atoms. The molecule has 0 aromatic carbocycles. The van der Waals surface area contributed by atoms with Crippen LogP contribution < -0.4 is 5.32 Å². The second-order valence-electron chi connectivity index (χ2n) is 17.9. The summed E-state index contributed by atoms with van der Waals surface area (Å²) >= 11 is 0. The van der Waals surface area contributed by atoms with Crippen molar-refractivity contribution in [1.29, 1.82) is 0 Å². The van der Waals surface area contributed by atoms with Gasteiger partial charge in [-0.15, -0.1) is 0 Å². The van der Waals surface area contributed by atoms with Gasteiger partial charge in [0.1, 0.15) is 0 Å². The number of carbonyl (C=O) groups excluding carboxylic acids is 2. The molecule has 0 heterocycles. The number of methoxy groups -OCH3 is 1. The van der Waals surface area contributed by atoms with E-state index in [1.165, 1.54) is 116 Å². The lowest BCUT2D eigenvalue weighted by Gasteiger charge is -2.62. The summed E-state index contributed by atoms with van der Waals surface area (Å²) < 4.78 is 10.7. The molecule has 4 aliphatic rings. The first-order valence-electron chi connectivity index (χ1n) is 21.5. The Morgan fingerprint density at radius 2 is 1.44 bits per heavy atom. The topological polar surface area (TPSA) is 84.9 Å². The Kier molecular flexibility index (Phi) is 16.5. The van der Waals surface area contributed by atoms with Gasteiger partial charge >= 0.3 is 12.1 Å². The average Bonchev–Trinajstić information content (AvgIpc) is 3.46. The van der Waals surface area contributed by atoms with Crippen LogP contribution in [-0.2, 0) is 14.3 Å². The predicted octanol–water partition coefficient (Wildman–Crippen LogP) is 11.7. The van der Waals surface area contributed by atoms with E-state index in [1.54, 1.807) is 0 Å². The van der Waals surface area contributed by atoms with Crippen molar-refractivity contribution in [3.05, 3.63) is 12.2 Å². The van der Waals surface area contributed by atoms with E-state index in [-0.39, 0.29) is 11.4 Å². The van der Waals surface area contributed by atoms with Gasteiger partial charge < -0.3 is 19.9 Å². The second-order valence-corrected chi connectivity index (χ2v) is 17.9. The van der Waals surface area contributed by atoms with Crippen molar-refractivity contribution in [3.63, 3.8) is 0 Å². The fourth-order valence-corrected chi connectivity index (χ4v) is 11.7. The molecule has 4 saturated carbocycles. The summed E-state index contributed by atoms with van der Waals surface area (Å²) in [6.07, 6.45) is 33.1. The number of carbonyl (C=O) groups is 2. The van der Waals surface area contributed by atoms with E-state index >= 15 is 0 Å². The summed E-state index contributed by atoms with van der Waals surface area (Å²) in [4.78, 5) is 24.6. The standard InChI is InChI=1S/C44H77NO5/c1-6-7-8-9-10-11-12-13-14-15-16-17-18-19-20-21-32-45-41(47)50-44(48)31-30-42(3)35(33-44)23-24-36-38-26-25-37(34(2)22-27-40(46)49-5)43(38,4)29-28-39(36)42/h13-14,34-39,48H,6-12,15-33H2,1-5H3,(H,45,47)/b14-13+/t34-,35-,36+,37-,38+,39+,42+,43-,44+/m1/s1.